The molecule has 3 heterocycles. The van der Waals surface area contributed by atoms with Crippen LogP contribution in [0.15, 0.2) is 43.9 Å². The second-order valence-electron chi connectivity index (χ2n) is 5.04. The van der Waals surface area contributed by atoms with Crippen molar-refractivity contribution < 1.29 is 8.94 Å². The lowest BCUT2D eigenvalue weighted by Gasteiger charge is -1.99. The first kappa shape index (κ1) is 14.1. The summed E-state index contributed by atoms with van der Waals surface area (Å²) in [5, 5.41) is 12.4. The average molecular weight is 374 g/mol. The lowest BCUT2D eigenvalue weighted by Crippen LogP contribution is -1.98. The van der Waals surface area contributed by atoms with Crippen LogP contribution in [0.1, 0.15) is 13.3 Å². The van der Waals surface area contributed by atoms with Crippen molar-refractivity contribution in [2.24, 2.45) is 0 Å². The first-order valence-electron chi connectivity index (χ1n) is 7.17. The zero-order valence-corrected chi connectivity index (χ0v) is 13.8. The summed E-state index contributed by atoms with van der Waals surface area (Å²) in [6.45, 7) is 2.95. The number of furan rings is 1. The largest absolute Gasteiger partial charge is 0.444 e. The predicted molar refractivity (Wildman–Crippen MR) is 86.5 cm³/mol. The molecule has 4 aromatic rings. The van der Waals surface area contributed by atoms with E-state index in [4.69, 9.17) is 8.94 Å². The van der Waals surface area contributed by atoms with Gasteiger partial charge < -0.3 is 8.94 Å². The number of halogens is 1. The third-order valence-corrected chi connectivity index (χ3v) is 3.84. The number of fused-ring (bicyclic) bond motifs is 1. The molecule has 1 aromatic carbocycles. The molecule has 23 heavy (non-hydrogen) atoms. The van der Waals surface area contributed by atoms with E-state index in [2.05, 4.69) is 43.3 Å². The smallest absolute Gasteiger partial charge is 0.293 e. The lowest BCUT2D eigenvalue weighted by molar-refractivity contribution is 0.414. The molecule has 0 radical (unpaired) electrons. The molecule has 0 N–H and O–H groups in total. The summed E-state index contributed by atoms with van der Waals surface area (Å²) in [6.07, 6.45) is 1.01. The quantitative estimate of drug-likeness (QED) is 0.539. The Hall–Kier alpha value is -2.48. The maximum Gasteiger partial charge on any atom is 0.293 e. The Labute approximate surface area is 139 Å². The fourth-order valence-electron chi connectivity index (χ4n) is 2.36. The topological polar surface area (TPSA) is 82.8 Å². The van der Waals surface area contributed by atoms with Crippen LogP contribution in [-0.4, -0.2) is 25.1 Å². The van der Waals surface area contributed by atoms with Crippen molar-refractivity contribution in [3.63, 3.8) is 0 Å². The van der Waals surface area contributed by atoms with Gasteiger partial charge in [-0.2, -0.15) is 4.98 Å². The van der Waals surface area contributed by atoms with Crippen molar-refractivity contribution in [2.45, 2.75) is 19.9 Å². The van der Waals surface area contributed by atoms with Gasteiger partial charge in [-0.05, 0) is 52.7 Å². The Bertz CT molecular complexity index is 971. The summed E-state index contributed by atoms with van der Waals surface area (Å²) >= 11 is 3.25. The zero-order valence-electron chi connectivity index (χ0n) is 12.2. The summed E-state index contributed by atoms with van der Waals surface area (Å²) in [6, 6.07) is 9.35. The van der Waals surface area contributed by atoms with Crippen LogP contribution >= 0.6 is 15.9 Å². The van der Waals surface area contributed by atoms with E-state index in [1.807, 2.05) is 22.9 Å². The Morgan fingerprint density at radius 2 is 2.13 bits per heavy atom. The van der Waals surface area contributed by atoms with E-state index in [9.17, 15) is 0 Å². The molecule has 116 valence electrons. The number of hydrogen-bond acceptors (Lipinski definition) is 6. The third-order valence-electron chi connectivity index (χ3n) is 3.42. The molecule has 0 aliphatic heterocycles. The van der Waals surface area contributed by atoms with Crippen LogP contribution in [0.3, 0.4) is 0 Å². The monoisotopic (exact) mass is 373 g/mol. The summed E-state index contributed by atoms with van der Waals surface area (Å²) in [7, 11) is 0. The van der Waals surface area contributed by atoms with Crippen LogP contribution in [0.5, 0.6) is 0 Å². The highest BCUT2D eigenvalue weighted by atomic mass is 79.9. The molecule has 0 aliphatic carbocycles. The first-order chi connectivity index (χ1) is 11.2. The van der Waals surface area contributed by atoms with Crippen molar-refractivity contribution >= 4 is 27.0 Å². The molecule has 0 atom stereocenters. The van der Waals surface area contributed by atoms with E-state index in [1.165, 1.54) is 0 Å². The maximum absolute atomic E-state index is 5.41. The van der Waals surface area contributed by atoms with Gasteiger partial charge in [0.05, 0.1) is 5.52 Å². The van der Waals surface area contributed by atoms with Crippen LogP contribution < -0.4 is 0 Å². The number of hydrogen-bond donors (Lipinski definition) is 0. The Kier molecular flexibility index (Phi) is 3.45. The van der Waals surface area contributed by atoms with E-state index in [1.54, 1.807) is 12.1 Å². The van der Waals surface area contributed by atoms with Crippen LogP contribution in [0.4, 0.5) is 0 Å². The average Bonchev–Trinajstić information content (AvgIpc) is 3.26. The molecule has 3 aromatic heterocycles. The zero-order chi connectivity index (χ0) is 15.8. The SMILES string of the molecule is CCCn1nnc2cc(-c3noc(-c4ccc(Br)o4)n3)ccc21. The van der Waals surface area contributed by atoms with Crippen molar-refractivity contribution in [2.75, 3.05) is 0 Å². The van der Waals surface area contributed by atoms with E-state index in [-0.39, 0.29) is 0 Å². The van der Waals surface area contributed by atoms with Gasteiger partial charge in [-0.1, -0.05) is 17.3 Å². The fraction of sp³-hybridized carbons (Fsp3) is 0.200. The Morgan fingerprint density at radius 3 is 2.91 bits per heavy atom. The summed E-state index contributed by atoms with van der Waals surface area (Å²) in [4.78, 5) is 4.37. The van der Waals surface area contributed by atoms with E-state index in [0.717, 1.165) is 29.6 Å². The summed E-state index contributed by atoms with van der Waals surface area (Å²) in [5.41, 5.74) is 2.62. The van der Waals surface area contributed by atoms with Gasteiger partial charge in [-0.15, -0.1) is 5.10 Å². The van der Waals surface area contributed by atoms with Crippen molar-refractivity contribution in [3.8, 4) is 23.0 Å². The van der Waals surface area contributed by atoms with Crippen molar-refractivity contribution in [3.05, 3.63) is 35.0 Å². The molecule has 8 heteroatoms. The number of nitrogens with zero attached hydrogens (tertiary/aromatic N) is 5. The lowest BCUT2D eigenvalue weighted by atomic mass is 10.2. The van der Waals surface area contributed by atoms with Crippen LogP contribution in [0.25, 0.3) is 34.1 Å². The van der Waals surface area contributed by atoms with Crippen molar-refractivity contribution in [1.82, 2.24) is 25.1 Å². The molecule has 0 amide bonds. The minimum atomic E-state index is 0.334. The highest BCUT2D eigenvalue weighted by Crippen LogP contribution is 2.27. The van der Waals surface area contributed by atoms with Gasteiger partial charge in [0.1, 0.15) is 5.52 Å². The minimum Gasteiger partial charge on any atom is -0.444 e. The fourth-order valence-corrected chi connectivity index (χ4v) is 2.66. The molecule has 7 nitrogen and oxygen atoms in total. The van der Waals surface area contributed by atoms with Gasteiger partial charge in [0.15, 0.2) is 10.4 Å². The number of aromatic nitrogens is 5. The minimum absolute atomic E-state index is 0.334. The molecule has 0 aliphatic rings. The number of rotatable bonds is 4. The van der Waals surface area contributed by atoms with Crippen molar-refractivity contribution in [1.29, 1.82) is 0 Å². The molecule has 0 fully saturated rings. The normalized spacial score (nSPS) is 11.4. The highest BCUT2D eigenvalue weighted by Gasteiger charge is 2.15. The van der Waals surface area contributed by atoms with E-state index in [0.29, 0.717) is 22.1 Å². The predicted octanol–water partition coefficient (Wildman–Crippen LogP) is 3.91. The molecular weight excluding hydrogens is 362 g/mol. The summed E-state index contributed by atoms with van der Waals surface area (Å²) < 4.78 is 13.2. The molecule has 0 spiro atoms. The Morgan fingerprint density at radius 1 is 1.22 bits per heavy atom. The van der Waals surface area contributed by atoms with Gasteiger partial charge in [0.25, 0.3) is 5.89 Å². The molecule has 0 saturated heterocycles. The van der Waals surface area contributed by atoms with Gasteiger partial charge >= 0.3 is 0 Å². The van der Waals surface area contributed by atoms with Gasteiger partial charge in [0, 0.05) is 12.1 Å². The van der Waals surface area contributed by atoms with Gasteiger partial charge in [-0.3, -0.25) is 0 Å². The second kappa shape index (κ2) is 5.62. The number of aryl methyl sites for hydroxylation is 1. The summed E-state index contributed by atoms with van der Waals surface area (Å²) in [5.74, 6) is 1.34. The molecule has 0 bridgehead atoms. The highest BCUT2D eigenvalue weighted by molar-refractivity contribution is 9.10. The van der Waals surface area contributed by atoms with E-state index < -0.39 is 0 Å². The van der Waals surface area contributed by atoms with Crippen LogP contribution in [-0.2, 0) is 6.54 Å². The van der Waals surface area contributed by atoms with Crippen LogP contribution in [0, 0.1) is 0 Å². The molecule has 0 unspecified atom stereocenters. The third kappa shape index (κ3) is 2.55. The maximum atomic E-state index is 5.41. The first-order valence-corrected chi connectivity index (χ1v) is 7.97. The van der Waals surface area contributed by atoms with Gasteiger partial charge in [-0.25, -0.2) is 4.68 Å². The Balaban J connectivity index is 1.70. The molecular formula is C15H12BrN5O2. The standard InChI is InChI=1S/C15H12BrN5O2/c1-2-7-21-11-4-3-9(8-10(11)18-20-21)14-17-15(23-19-14)12-5-6-13(16)22-12/h3-6,8H,2,7H2,1H3. The van der Waals surface area contributed by atoms with Crippen LogP contribution in [0.2, 0.25) is 0 Å². The molecule has 4 rings (SSSR count). The number of benzene rings is 1. The second-order valence-corrected chi connectivity index (χ2v) is 5.82. The van der Waals surface area contributed by atoms with E-state index >= 15 is 0 Å². The van der Waals surface area contributed by atoms with Gasteiger partial charge in [0.2, 0.25) is 5.82 Å². The molecule has 0 saturated carbocycles.